The summed E-state index contributed by atoms with van der Waals surface area (Å²) in [6, 6.07) is 0. The lowest BCUT2D eigenvalue weighted by atomic mass is 9.88. The molecular weight excluding hydrogens is 488 g/mol. The number of aliphatic hydroxyl groups is 2. The van der Waals surface area contributed by atoms with E-state index >= 15 is 0 Å². The van der Waals surface area contributed by atoms with Crippen molar-refractivity contribution in [3.05, 3.63) is 68.6 Å². The monoisotopic (exact) mass is 536 g/mol. The Morgan fingerprint density at radius 1 is 0.711 bits per heavy atom. The molecule has 0 saturated carbocycles. The van der Waals surface area contributed by atoms with Gasteiger partial charge < -0.3 is 29.2 Å². The summed E-state index contributed by atoms with van der Waals surface area (Å²) in [5.41, 5.74) is 4.64. The highest BCUT2D eigenvalue weighted by atomic mass is 16.5. The van der Waals surface area contributed by atoms with Crippen molar-refractivity contribution in [3.63, 3.8) is 0 Å². The number of aliphatic hydroxyl groups excluding tert-OH is 2. The van der Waals surface area contributed by atoms with Gasteiger partial charge in [-0.1, -0.05) is 38.2 Å². The zero-order valence-electron chi connectivity index (χ0n) is 23.1. The van der Waals surface area contributed by atoms with E-state index in [4.69, 9.17) is 18.9 Å². The van der Waals surface area contributed by atoms with Crippen LogP contribution in [0.1, 0.15) is 69.2 Å². The molecule has 0 fully saturated rings. The molecule has 0 aromatic heterocycles. The second-order valence-corrected chi connectivity index (χ2v) is 8.95. The van der Waals surface area contributed by atoms with Gasteiger partial charge >= 0.3 is 0 Å². The van der Waals surface area contributed by atoms with Crippen LogP contribution in [-0.2, 0) is 28.5 Å². The molecule has 2 rings (SSSR count). The van der Waals surface area contributed by atoms with Crippen molar-refractivity contribution in [3.8, 4) is 0 Å². The van der Waals surface area contributed by atoms with Crippen LogP contribution in [0.4, 0.5) is 0 Å². The van der Waals surface area contributed by atoms with Crippen LogP contribution in [-0.4, -0.2) is 62.4 Å². The van der Waals surface area contributed by atoms with Gasteiger partial charge in [-0.2, -0.15) is 0 Å². The maximum atomic E-state index is 12.2. The topological polar surface area (TPSA) is 112 Å². The third kappa shape index (κ3) is 8.46. The molecule has 2 aliphatic carbocycles. The number of hydrogen-bond acceptors (Lipinski definition) is 8. The van der Waals surface area contributed by atoms with Crippen LogP contribution in [0.25, 0.3) is 0 Å². The largest absolute Gasteiger partial charge is 0.494 e. The molecule has 2 unspecified atom stereocenters. The van der Waals surface area contributed by atoms with Crippen LogP contribution in [0, 0.1) is 0 Å². The molecule has 38 heavy (non-hydrogen) atoms. The van der Waals surface area contributed by atoms with Gasteiger partial charge in [-0.15, -0.1) is 0 Å². The van der Waals surface area contributed by atoms with Crippen LogP contribution >= 0.6 is 0 Å². The Kier molecular flexibility index (Phi) is 16.3. The summed E-state index contributed by atoms with van der Waals surface area (Å²) in [6.07, 6.45) is 3.24. The summed E-state index contributed by atoms with van der Waals surface area (Å²) in [4.78, 5) is 24.2. The second-order valence-electron chi connectivity index (χ2n) is 8.95. The van der Waals surface area contributed by atoms with E-state index in [2.05, 4.69) is 0 Å². The molecule has 2 atom stereocenters. The Morgan fingerprint density at radius 2 is 1.13 bits per heavy atom. The number of ether oxygens (including phenoxy) is 4. The fourth-order valence-corrected chi connectivity index (χ4v) is 3.77. The summed E-state index contributed by atoms with van der Waals surface area (Å²) in [5.74, 6) is -0.0162. The highest BCUT2D eigenvalue weighted by Crippen LogP contribution is 2.33. The smallest absolute Gasteiger partial charge is 0.228 e. The van der Waals surface area contributed by atoms with E-state index in [1.54, 1.807) is 13.8 Å². The Morgan fingerprint density at radius 3 is 1.55 bits per heavy atom. The molecule has 0 heterocycles. The number of carbonyl (C=O) groups excluding carboxylic acids is 2. The van der Waals surface area contributed by atoms with Gasteiger partial charge in [0.15, 0.2) is 11.5 Å². The number of ketones is 2. The number of methoxy groups -OCH3 is 4. The molecular formula is C30H48O8. The average molecular weight is 537 g/mol. The minimum atomic E-state index is -0.857. The van der Waals surface area contributed by atoms with E-state index in [-0.39, 0.29) is 49.5 Å². The third-order valence-electron chi connectivity index (χ3n) is 5.97. The fourth-order valence-electron chi connectivity index (χ4n) is 3.77. The molecule has 0 aromatic rings. The zero-order chi connectivity index (χ0) is 27.7. The first-order valence-electron chi connectivity index (χ1n) is 11.6. The van der Waals surface area contributed by atoms with Crippen molar-refractivity contribution in [1.82, 2.24) is 0 Å². The first kappa shape index (κ1) is 37.1. The lowest BCUT2D eigenvalue weighted by Crippen LogP contribution is -2.31. The maximum absolute atomic E-state index is 12.2. The van der Waals surface area contributed by atoms with Gasteiger partial charge in [0.25, 0.3) is 0 Å². The summed E-state index contributed by atoms with van der Waals surface area (Å²) in [7, 11) is 5.63. The van der Waals surface area contributed by atoms with Gasteiger partial charge in [-0.25, -0.2) is 0 Å². The lowest BCUT2D eigenvalue weighted by molar-refractivity contribution is -0.121. The zero-order valence-corrected chi connectivity index (χ0v) is 23.1. The van der Waals surface area contributed by atoms with Crippen molar-refractivity contribution in [2.75, 3.05) is 28.4 Å². The molecule has 0 aromatic carbocycles. The lowest BCUT2D eigenvalue weighted by Gasteiger charge is -2.30. The van der Waals surface area contributed by atoms with Gasteiger partial charge in [0.1, 0.15) is 12.2 Å². The molecule has 0 amide bonds. The fraction of sp³-hybridized carbons (Fsp3) is 0.533. The molecule has 2 aliphatic rings. The van der Waals surface area contributed by atoms with Gasteiger partial charge in [-0.3, -0.25) is 9.59 Å². The van der Waals surface area contributed by atoms with Gasteiger partial charge in [0.2, 0.25) is 23.1 Å². The van der Waals surface area contributed by atoms with Crippen molar-refractivity contribution < 1.29 is 38.7 Å². The Labute approximate surface area is 229 Å². The highest BCUT2D eigenvalue weighted by molar-refractivity contribution is 6.23. The normalized spacial score (nSPS) is 19.1. The molecule has 8 nitrogen and oxygen atoms in total. The Balaban J connectivity index is 0. The van der Waals surface area contributed by atoms with E-state index in [1.807, 2.05) is 39.8 Å². The van der Waals surface area contributed by atoms with Crippen LogP contribution in [0.3, 0.4) is 0 Å². The molecule has 2 N–H and O–H groups in total. The molecule has 0 bridgehead atoms. The quantitative estimate of drug-likeness (QED) is 0.310. The minimum Gasteiger partial charge on any atom is -0.494 e. The molecule has 0 spiro atoms. The van der Waals surface area contributed by atoms with Crippen molar-refractivity contribution >= 4 is 11.6 Å². The molecule has 8 heteroatoms. The average Bonchev–Trinajstić information content (AvgIpc) is 2.83. The first-order valence-corrected chi connectivity index (χ1v) is 11.6. The van der Waals surface area contributed by atoms with Gasteiger partial charge in [-0.05, 0) is 65.5 Å². The molecule has 0 aliphatic heterocycles. The highest BCUT2D eigenvalue weighted by Gasteiger charge is 2.35. The number of carbonyl (C=O) groups is 2. The second kappa shape index (κ2) is 16.7. The summed E-state index contributed by atoms with van der Waals surface area (Å²) in [5, 5.41) is 20.4. The molecule has 0 saturated heterocycles. The summed E-state index contributed by atoms with van der Waals surface area (Å²) in [6.45, 7) is 11.3. The number of Topliss-reactive ketones (excluding diaryl/α,β-unsaturated/α-hetero) is 2. The Bertz CT molecular complexity index is 1040. The standard InChI is InChI=1S/C14H22O4.C14H18O4.2CH4/c2*1-8(2)6-7-10-9(3)11(15)13(17-4)14(18-5)12(10)16;;/h6,11-12,15-16H,7H2,1-5H3;6H,7H2,1-5H3;2*1H4. The van der Waals surface area contributed by atoms with Crippen molar-refractivity contribution in [2.24, 2.45) is 0 Å². The maximum Gasteiger partial charge on any atom is 0.228 e. The Hall–Kier alpha value is -3.10. The number of allylic oxidation sites excluding steroid dienone is 6. The van der Waals surface area contributed by atoms with Crippen LogP contribution in [0.15, 0.2) is 68.6 Å². The van der Waals surface area contributed by atoms with Crippen molar-refractivity contribution in [1.29, 1.82) is 0 Å². The SMILES string of the molecule is C.C.COC1=C(OC)C(=O)C(CC=C(C)C)=C(C)C1=O.COC1=C(OC)C(O)C(CC=C(C)C)=C(C)C1O. The van der Waals surface area contributed by atoms with E-state index in [0.717, 1.165) is 22.3 Å². The van der Waals surface area contributed by atoms with Crippen LogP contribution in [0.5, 0.6) is 0 Å². The van der Waals surface area contributed by atoms with Gasteiger partial charge in [0, 0.05) is 11.1 Å². The predicted octanol–water partition coefficient (Wildman–Crippen LogP) is 5.49. The van der Waals surface area contributed by atoms with Crippen molar-refractivity contribution in [2.45, 2.75) is 81.4 Å². The first-order chi connectivity index (χ1) is 16.9. The number of hydrogen-bond donors (Lipinski definition) is 2. The van der Waals surface area contributed by atoms with E-state index in [0.29, 0.717) is 24.0 Å². The summed E-state index contributed by atoms with van der Waals surface area (Å²) < 4.78 is 20.2. The summed E-state index contributed by atoms with van der Waals surface area (Å²) >= 11 is 0. The van der Waals surface area contributed by atoms with Gasteiger partial charge in [0.05, 0.1) is 28.4 Å². The van der Waals surface area contributed by atoms with E-state index in [1.165, 1.54) is 28.4 Å². The number of rotatable bonds is 8. The minimum absolute atomic E-state index is 0. The predicted molar refractivity (Wildman–Crippen MR) is 151 cm³/mol. The van der Waals surface area contributed by atoms with E-state index in [9.17, 15) is 19.8 Å². The van der Waals surface area contributed by atoms with Crippen LogP contribution in [0.2, 0.25) is 0 Å². The third-order valence-corrected chi connectivity index (χ3v) is 5.97. The van der Waals surface area contributed by atoms with Crippen LogP contribution < -0.4 is 0 Å². The molecule has 216 valence electrons. The molecule has 0 radical (unpaired) electrons. The van der Waals surface area contributed by atoms with E-state index < -0.39 is 12.2 Å².